The van der Waals surface area contributed by atoms with E-state index >= 15 is 0 Å². The Morgan fingerprint density at radius 3 is 2.73 bits per heavy atom. The molecule has 0 saturated carbocycles. The Labute approximate surface area is 131 Å². The Hall–Kier alpha value is -1.73. The van der Waals surface area contributed by atoms with E-state index in [1.165, 1.54) is 0 Å². The minimum Gasteiger partial charge on any atom is -0.329 e. The van der Waals surface area contributed by atoms with E-state index < -0.39 is 0 Å². The predicted octanol–water partition coefficient (Wildman–Crippen LogP) is 0.681. The van der Waals surface area contributed by atoms with E-state index in [1.807, 2.05) is 16.9 Å². The van der Waals surface area contributed by atoms with Crippen molar-refractivity contribution >= 4 is 0 Å². The zero-order valence-corrected chi connectivity index (χ0v) is 13.2. The summed E-state index contributed by atoms with van der Waals surface area (Å²) < 4.78 is 4.15. The minimum absolute atomic E-state index is 0.507. The minimum atomic E-state index is 0.507. The standard InChI is InChI=1S/C15H25N7/c1-2-22-14(12-21-8-3-7-17-21)18-19-15(22)13-4-9-20(10-5-13)11-6-16/h3,7-8,13H,2,4-6,9-12,16H2,1H3. The molecule has 2 N–H and O–H groups in total. The molecule has 1 fully saturated rings. The van der Waals surface area contributed by atoms with E-state index in [0.29, 0.717) is 12.5 Å². The highest BCUT2D eigenvalue weighted by Crippen LogP contribution is 2.27. The SMILES string of the molecule is CCn1c(Cn2cccn2)nnc1C1CCN(CCN)CC1. The second kappa shape index (κ2) is 7.02. The Morgan fingerprint density at radius 1 is 1.27 bits per heavy atom. The molecule has 3 heterocycles. The first kappa shape index (κ1) is 15.2. The zero-order valence-electron chi connectivity index (χ0n) is 13.2. The van der Waals surface area contributed by atoms with Crippen molar-refractivity contribution < 1.29 is 0 Å². The van der Waals surface area contributed by atoms with Crippen LogP contribution in [0.1, 0.15) is 37.3 Å². The van der Waals surface area contributed by atoms with Gasteiger partial charge >= 0.3 is 0 Å². The molecule has 1 aliphatic heterocycles. The second-order valence-electron chi connectivity index (χ2n) is 5.83. The highest BCUT2D eigenvalue weighted by atomic mass is 15.3. The molecule has 1 saturated heterocycles. The van der Waals surface area contributed by atoms with Crippen LogP contribution in [0.15, 0.2) is 18.5 Å². The van der Waals surface area contributed by atoms with Gasteiger partial charge in [-0.15, -0.1) is 10.2 Å². The molecule has 7 heteroatoms. The van der Waals surface area contributed by atoms with E-state index in [-0.39, 0.29) is 0 Å². The van der Waals surface area contributed by atoms with Crippen molar-refractivity contribution in [2.75, 3.05) is 26.2 Å². The van der Waals surface area contributed by atoms with Gasteiger partial charge in [-0.1, -0.05) is 0 Å². The van der Waals surface area contributed by atoms with E-state index in [2.05, 4.69) is 31.7 Å². The van der Waals surface area contributed by atoms with Crippen LogP contribution in [0.5, 0.6) is 0 Å². The summed E-state index contributed by atoms with van der Waals surface area (Å²) in [5, 5.41) is 13.2. The molecule has 0 bridgehead atoms. The number of nitrogens with two attached hydrogens (primary N) is 1. The number of nitrogens with zero attached hydrogens (tertiary/aromatic N) is 6. The van der Waals surface area contributed by atoms with Crippen molar-refractivity contribution in [1.29, 1.82) is 0 Å². The maximum Gasteiger partial charge on any atom is 0.154 e. The summed E-state index contributed by atoms with van der Waals surface area (Å²) in [5.74, 6) is 2.63. The molecule has 0 spiro atoms. The van der Waals surface area contributed by atoms with Gasteiger partial charge in [0.05, 0.1) is 0 Å². The molecular weight excluding hydrogens is 278 g/mol. The van der Waals surface area contributed by atoms with Gasteiger partial charge < -0.3 is 15.2 Å². The largest absolute Gasteiger partial charge is 0.329 e. The van der Waals surface area contributed by atoms with E-state index in [0.717, 1.165) is 57.2 Å². The molecule has 0 unspecified atom stereocenters. The van der Waals surface area contributed by atoms with Crippen LogP contribution in [0.2, 0.25) is 0 Å². The van der Waals surface area contributed by atoms with Crippen molar-refractivity contribution in [3.05, 3.63) is 30.1 Å². The summed E-state index contributed by atoms with van der Waals surface area (Å²) in [7, 11) is 0. The number of aromatic nitrogens is 5. The highest BCUT2D eigenvalue weighted by Gasteiger charge is 2.25. The monoisotopic (exact) mass is 303 g/mol. The molecule has 2 aromatic rings. The van der Waals surface area contributed by atoms with Gasteiger partial charge in [0, 0.05) is 37.9 Å². The van der Waals surface area contributed by atoms with Crippen LogP contribution in [-0.2, 0) is 13.1 Å². The molecule has 7 nitrogen and oxygen atoms in total. The first-order valence-electron chi connectivity index (χ1n) is 8.13. The second-order valence-corrected chi connectivity index (χ2v) is 5.83. The topological polar surface area (TPSA) is 77.8 Å². The van der Waals surface area contributed by atoms with Gasteiger partial charge in [-0.05, 0) is 38.9 Å². The van der Waals surface area contributed by atoms with Gasteiger partial charge in [-0.25, -0.2) is 0 Å². The molecule has 0 amide bonds. The van der Waals surface area contributed by atoms with Gasteiger partial charge in [0.25, 0.3) is 0 Å². The average Bonchev–Trinajstić information content (AvgIpc) is 3.18. The van der Waals surface area contributed by atoms with Crippen molar-refractivity contribution in [3.8, 4) is 0 Å². The molecule has 0 radical (unpaired) electrons. The predicted molar refractivity (Wildman–Crippen MR) is 84.5 cm³/mol. The Balaban J connectivity index is 1.70. The Bertz CT molecular complexity index is 567. The van der Waals surface area contributed by atoms with Crippen molar-refractivity contribution in [3.63, 3.8) is 0 Å². The van der Waals surface area contributed by atoms with Crippen LogP contribution in [0.25, 0.3) is 0 Å². The van der Waals surface area contributed by atoms with Gasteiger partial charge in [0.2, 0.25) is 0 Å². The third-order valence-electron chi connectivity index (χ3n) is 4.43. The van der Waals surface area contributed by atoms with Gasteiger partial charge in [-0.3, -0.25) is 4.68 Å². The fraction of sp³-hybridized carbons (Fsp3) is 0.667. The molecule has 0 aromatic carbocycles. The summed E-state index contributed by atoms with van der Waals surface area (Å²) in [6.45, 7) is 7.69. The summed E-state index contributed by atoms with van der Waals surface area (Å²) >= 11 is 0. The van der Waals surface area contributed by atoms with Crippen LogP contribution >= 0.6 is 0 Å². The van der Waals surface area contributed by atoms with Crippen LogP contribution in [0.3, 0.4) is 0 Å². The van der Waals surface area contributed by atoms with Crippen molar-refractivity contribution in [2.45, 2.75) is 38.8 Å². The number of hydrogen-bond acceptors (Lipinski definition) is 5. The summed E-state index contributed by atoms with van der Waals surface area (Å²) in [4.78, 5) is 2.44. The molecule has 1 aliphatic rings. The number of likely N-dealkylation sites (tertiary alicyclic amines) is 1. The maximum atomic E-state index is 5.64. The third kappa shape index (κ3) is 3.20. The maximum absolute atomic E-state index is 5.64. The summed E-state index contributed by atoms with van der Waals surface area (Å²) in [6.07, 6.45) is 6.03. The van der Waals surface area contributed by atoms with Crippen LogP contribution < -0.4 is 5.73 Å². The molecule has 3 rings (SSSR count). The van der Waals surface area contributed by atoms with Crippen LogP contribution in [0.4, 0.5) is 0 Å². The fourth-order valence-electron chi connectivity index (χ4n) is 3.25. The Morgan fingerprint density at radius 2 is 2.09 bits per heavy atom. The number of hydrogen-bond donors (Lipinski definition) is 1. The summed E-state index contributed by atoms with van der Waals surface area (Å²) in [6, 6.07) is 1.93. The first-order valence-corrected chi connectivity index (χ1v) is 8.13. The quantitative estimate of drug-likeness (QED) is 0.849. The van der Waals surface area contributed by atoms with Crippen molar-refractivity contribution in [1.82, 2.24) is 29.4 Å². The van der Waals surface area contributed by atoms with E-state index in [1.54, 1.807) is 6.20 Å². The molecule has 2 aromatic heterocycles. The average molecular weight is 303 g/mol. The smallest absolute Gasteiger partial charge is 0.154 e. The summed E-state index contributed by atoms with van der Waals surface area (Å²) in [5.41, 5.74) is 5.64. The number of piperidine rings is 1. The van der Waals surface area contributed by atoms with E-state index in [4.69, 9.17) is 5.73 Å². The lowest BCUT2D eigenvalue weighted by molar-refractivity contribution is 0.212. The lowest BCUT2D eigenvalue weighted by Gasteiger charge is -2.31. The molecule has 0 atom stereocenters. The van der Waals surface area contributed by atoms with Gasteiger partial charge in [-0.2, -0.15) is 5.10 Å². The normalized spacial score (nSPS) is 17.2. The Kier molecular flexibility index (Phi) is 4.84. The first-order chi connectivity index (χ1) is 10.8. The molecular formula is C15H25N7. The van der Waals surface area contributed by atoms with Gasteiger partial charge in [0.1, 0.15) is 12.4 Å². The number of rotatable bonds is 6. The lowest BCUT2D eigenvalue weighted by atomic mass is 9.96. The van der Waals surface area contributed by atoms with Gasteiger partial charge in [0.15, 0.2) is 5.82 Å². The van der Waals surface area contributed by atoms with Crippen LogP contribution in [-0.4, -0.2) is 55.6 Å². The molecule has 22 heavy (non-hydrogen) atoms. The molecule has 0 aliphatic carbocycles. The van der Waals surface area contributed by atoms with Crippen molar-refractivity contribution in [2.24, 2.45) is 5.73 Å². The van der Waals surface area contributed by atoms with Crippen LogP contribution in [0, 0.1) is 0 Å². The lowest BCUT2D eigenvalue weighted by Crippen LogP contribution is -2.37. The highest BCUT2D eigenvalue weighted by molar-refractivity contribution is 5.04. The zero-order chi connectivity index (χ0) is 15.4. The van der Waals surface area contributed by atoms with E-state index in [9.17, 15) is 0 Å². The third-order valence-corrected chi connectivity index (χ3v) is 4.43. The fourth-order valence-corrected chi connectivity index (χ4v) is 3.25. The molecule has 120 valence electrons.